The van der Waals surface area contributed by atoms with Crippen molar-refractivity contribution in [3.8, 4) is 0 Å². The first-order valence-electron chi connectivity index (χ1n) is 6.11. The largest absolute Gasteiger partial charge is 0.314 e. The molecule has 0 aromatic heterocycles. The molecule has 0 bridgehead atoms. The molecule has 2 rings (SSSR count). The van der Waals surface area contributed by atoms with Gasteiger partial charge in [0, 0.05) is 6.04 Å². The number of hydrogen-bond acceptors (Lipinski definition) is 1. The summed E-state index contributed by atoms with van der Waals surface area (Å²) in [7, 11) is 0. The average molecular weight is 199 g/mol. The Hall–Kier alpha value is -0.110. The van der Waals surface area contributed by atoms with Gasteiger partial charge >= 0.3 is 0 Å². The van der Waals surface area contributed by atoms with E-state index in [-0.39, 0.29) is 0 Å². The van der Waals surface area contributed by atoms with Crippen LogP contribution in [-0.4, -0.2) is 18.3 Å². The van der Waals surface area contributed by atoms with E-state index < -0.39 is 5.67 Å². The van der Waals surface area contributed by atoms with Gasteiger partial charge < -0.3 is 5.32 Å². The maximum atomic E-state index is 14.4. The molecule has 0 amide bonds. The van der Waals surface area contributed by atoms with Crippen molar-refractivity contribution in [2.75, 3.05) is 6.54 Å². The lowest BCUT2D eigenvalue weighted by Gasteiger charge is -2.30. The predicted molar refractivity (Wildman–Crippen MR) is 57.1 cm³/mol. The summed E-state index contributed by atoms with van der Waals surface area (Å²) in [4.78, 5) is 0. The number of nitrogens with one attached hydrogen (secondary N) is 1. The Morgan fingerprint density at radius 3 is 2.50 bits per heavy atom. The first-order chi connectivity index (χ1) is 6.68. The van der Waals surface area contributed by atoms with Crippen LogP contribution < -0.4 is 5.32 Å². The molecular formula is C12H22FN. The second-order valence-electron chi connectivity index (χ2n) is 5.26. The van der Waals surface area contributed by atoms with Gasteiger partial charge in [0.1, 0.15) is 5.67 Å². The van der Waals surface area contributed by atoms with Crippen LogP contribution in [0.2, 0.25) is 0 Å². The summed E-state index contributed by atoms with van der Waals surface area (Å²) in [6.45, 7) is 2.91. The lowest BCUT2D eigenvalue weighted by atomic mass is 9.84. The van der Waals surface area contributed by atoms with Crippen molar-refractivity contribution in [2.24, 2.45) is 5.92 Å². The summed E-state index contributed by atoms with van der Waals surface area (Å²) in [6.07, 6.45) is 7.83. The van der Waals surface area contributed by atoms with Crippen molar-refractivity contribution in [3.05, 3.63) is 0 Å². The highest BCUT2D eigenvalue weighted by molar-refractivity contribution is 4.91. The Bertz CT molecular complexity index is 179. The SMILES string of the molecule is CC(F)(CC1CCCN1)C1CCCC1. The number of hydrogen-bond donors (Lipinski definition) is 1. The fourth-order valence-corrected chi connectivity index (χ4v) is 3.11. The van der Waals surface area contributed by atoms with E-state index in [2.05, 4.69) is 5.32 Å². The summed E-state index contributed by atoms with van der Waals surface area (Å²) in [5.74, 6) is 0.338. The molecule has 1 heterocycles. The van der Waals surface area contributed by atoms with Crippen molar-refractivity contribution in [3.63, 3.8) is 0 Å². The van der Waals surface area contributed by atoms with Gasteiger partial charge in [0.2, 0.25) is 0 Å². The molecule has 1 aliphatic carbocycles. The summed E-state index contributed by atoms with van der Waals surface area (Å²) < 4.78 is 14.4. The zero-order valence-electron chi connectivity index (χ0n) is 9.19. The van der Waals surface area contributed by atoms with Gasteiger partial charge in [-0.3, -0.25) is 0 Å². The Morgan fingerprint density at radius 2 is 1.93 bits per heavy atom. The van der Waals surface area contributed by atoms with Crippen molar-refractivity contribution in [1.29, 1.82) is 0 Å². The second-order valence-corrected chi connectivity index (χ2v) is 5.26. The second kappa shape index (κ2) is 4.18. The molecule has 14 heavy (non-hydrogen) atoms. The van der Waals surface area contributed by atoms with Gasteiger partial charge in [-0.2, -0.15) is 0 Å². The zero-order chi connectivity index (χ0) is 10.0. The van der Waals surface area contributed by atoms with E-state index >= 15 is 0 Å². The number of alkyl halides is 1. The molecule has 1 N–H and O–H groups in total. The third-order valence-electron chi connectivity index (χ3n) is 4.01. The molecule has 1 nitrogen and oxygen atoms in total. The highest BCUT2D eigenvalue weighted by Crippen LogP contribution is 2.39. The van der Waals surface area contributed by atoms with Gasteiger partial charge in [-0.1, -0.05) is 12.8 Å². The van der Waals surface area contributed by atoms with Crippen LogP contribution in [0.3, 0.4) is 0 Å². The lowest BCUT2D eigenvalue weighted by Crippen LogP contribution is -2.36. The summed E-state index contributed by atoms with van der Waals surface area (Å²) in [5.41, 5.74) is -0.918. The number of halogens is 1. The molecule has 2 fully saturated rings. The van der Waals surface area contributed by atoms with Crippen LogP contribution in [0.1, 0.15) is 51.9 Å². The summed E-state index contributed by atoms with van der Waals surface area (Å²) in [5, 5.41) is 3.40. The molecule has 0 spiro atoms. The molecular weight excluding hydrogens is 177 g/mol. The van der Waals surface area contributed by atoms with Crippen LogP contribution in [0, 0.1) is 5.92 Å². The highest BCUT2D eigenvalue weighted by Gasteiger charge is 2.38. The smallest absolute Gasteiger partial charge is 0.112 e. The third kappa shape index (κ3) is 2.28. The fourth-order valence-electron chi connectivity index (χ4n) is 3.11. The van der Waals surface area contributed by atoms with Gasteiger partial charge in [-0.05, 0) is 51.5 Å². The van der Waals surface area contributed by atoms with E-state index in [1.54, 1.807) is 0 Å². The molecule has 0 radical (unpaired) electrons. The van der Waals surface area contributed by atoms with Crippen LogP contribution in [0.15, 0.2) is 0 Å². The minimum Gasteiger partial charge on any atom is -0.314 e. The quantitative estimate of drug-likeness (QED) is 0.736. The van der Waals surface area contributed by atoms with E-state index in [9.17, 15) is 4.39 Å². The van der Waals surface area contributed by atoms with Crippen molar-refractivity contribution in [2.45, 2.75) is 63.6 Å². The highest BCUT2D eigenvalue weighted by atomic mass is 19.1. The maximum absolute atomic E-state index is 14.4. The standard InChI is InChI=1S/C12H22FN/c1-12(13,10-5-2-3-6-10)9-11-7-4-8-14-11/h10-11,14H,2-9H2,1H3. The van der Waals surface area contributed by atoms with E-state index in [4.69, 9.17) is 0 Å². The molecule has 2 heteroatoms. The van der Waals surface area contributed by atoms with Crippen molar-refractivity contribution < 1.29 is 4.39 Å². The molecule has 1 saturated carbocycles. The van der Waals surface area contributed by atoms with Gasteiger partial charge in [-0.15, -0.1) is 0 Å². The Balaban J connectivity index is 1.86. The fraction of sp³-hybridized carbons (Fsp3) is 1.00. The molecule has 1 aliphatic heterocycles. The maximum Gasteiger partial charge on any atom is 0.112 e. The van der Waals surface area contributed by atoms with Gasteiger partial charge in [0.05, 0.1) is 0 Å². The number of rotatable bonds is 3. The topological polar surface area (TPSA) is 12.0 Å². The minimum absolute atomic E-state index is 0.338. The molecule has 0 aromatic carbocycles. The Labute approximate surface area is 86.5 Å². The summed E-state index contributed by atoms with van der Waals surface area (Å²) >= 11 is 0. The van der Waals surface area contributed by atoms with E-state index in [1.165, 1.54) is 25.7 Å². The van der Waals surface area contributed by atoms with Crippen molar-refractivity contribution in [1.82, 2.24) is 5.32 Å². The molecule has 0 aromatic rings. The lowest BCUT2D eigenvalue weighted by molar-refractivity contribution is 0.0833. The van der Waals surface area contributed by atoms with E-state index in [0.29, 0.717) is 12.0 Å². The van der Waals surface area contributed by atoms with E-state index in [0.717, 1.165) is 25.8 Å². The summed E-state index contributed by atoms with van der Waals surface area (Å²) in [6, 6.07) is 0.450. The van der Waals surface area contributed by atoms with Gasteiger partial charge in [0.25, 0.3) is 0 Å². The minimum atomic E-state index is -0.918. The van der Waals surface area contributed by atoms with E-state index in [1.807, 2.05) is 6.92 Å². The van der Waals surface area contributed by atoms with Crippen LogP contribution >= 0.6 is 0 Å². The average Bonchev–Trinajstić information content (AvgIpc) is 2.71. The van der Waals surface area contributed by atoms with Crippen LogP contribution in [-0.2, 0) is 0 Å². The van der Waals surface area contributed by atoms with Crippen LogP contribution in [0.5, 0.6) is 0 Å². The Morgan fingerprint density at radius 1 is 1.21 bits per heavy atom. The first-order valence-corrected chi connectivity index (χ1v) is 6.11. The zero-order valence-corrected chi connectivity index (χ0v) is 9.19. The van der Waals surface area contributed by atoms with Crippen LogP contribution in [0.25, 0.3) is 0 Å². The van der Waals surface area contributed by atoms with Crippen molar-refractivity contribution >= 4 is 0 Å². The normalized spacial score (nSPS) is 33.4. The Kier molecular flexibility index (Phi) is 3.10. The van der Waals surface area contributed by atoms with Gasteiger partial charge in [-0.25, -0.2) is 4.39 Å². The monoisotopic (exact) mass is 199 g/mol. The molecule has 2 aliphatic rings. The van der Waals surface area contributed by atoms with Crippen LogP contribution in [0.4, 0.5) is 4.39 Å². The first kappa shape index (κ1) is 10.4. The molecule has 82 valence electrons. The predicted octanol–water partition coefficient (Wildman–Crippen LogP) is 3.05. The molecule has 2 atom stereocenters. The molecule has 1 saturated heterocycles. The third-order valence-corrected chi connectivity index (χ3v) is 4.01. The molecule has 2 unspecified atom stereocenters. The van der Waals surface area contributed by atoms with Gasteiger partial charge in [0.15, 0.2) is 0 Å².